The molecule has 0 aliphatic rings. The zero-order valence-electron chi connectivity index (χ0n) is 11.9. The van der Waals surface area contributed by atoms with Gasteiger partial charge in [0.1, 0.15) is 0 Å². The fourth-order valence-electron chi connectivity index (χ4n) is 2.26. The minimum atomic E-state index is 0.0434. The molecule has 0 saturated carbocycles. The average Bonchev–Trinajstić information content (AvgIpc) is 2.87. The molecule has 0 amide bonds. The minimum absolute atomic E-state index is 0.0434. The van der Waals surface area contributed by atoms with E-state index in [1.807, 2.05) is 4.68 Å². The van der Waals surface area contributed by atoms with Gasteiger partial charge in [0.2, 0.25) is 0 Å². The number of nitrogens with zero attached hydrogens (tertiary/aromatic N) is 4. The van der Waals surface area contributed by atoms with Crippen LogP contribution < -0.4 is 5.32 Å². The summed E-state index contributed by atoms with van der Waals surface area (Å²) < 4.78 is 6.99. The standard InChI is InChI=1S/C12H25N5O/c1-5-12(6-2,7-3)17-11(14-15-16-17)10-13-8-9-18-4/h13H,5-10H2,1-4H3. The Morgan fingerprint density at radius 3 is 2.44 bits per heavy atom. The van der Waals surface area contributed by atoms with Crippen molar-refractivity contribution < 1.29 is 4.74 Å². The van der Waals surface area contributed by atoms with Crippen LogP contribution in [0.1, 0.15) is 45.9 Å². The first kappa shape index (κ1) is 15.0. The quantitative estimate of drug-likeness (QED) is 0.674. The highest BCUT2D eigenvalue weighted by Gasteiger charge is 2.30. The van der Waals surface area contributed by atoms with Crippen LogP contribution in [0, 0.1) is 0 Å². The van der Waals surface area contributed by atoms with Crippen LogP contribution in [0.2, 0.25) is 0 Å². The number of hydrogen-bond donors (Lipinski definition) is 1. The number of aromatic nitrogens is 4. The van der Waals surface area contributed by atoms with Crippen molar-refractivity contribution in [3.8, 4) is 0 Å². The van der Waals surface area contributed by atoms with Gasteiger partial charge in [-0.3, -0.25) is 0 Å². The summed E-state index contributed by atoms with van der Waals surface area (Å²) in [6, 6.07) is 0. The SMILES string of the molecule is CCC(CC)(CC)n1nnnc1CNCCOC. The summed E-state index contributed by atoms with van der Waals surface area (Å²) in [5.41, 5.74) is 0.0434. The lowest BCUT2D eigenvalue weighted by atomic mass is 9.90. The van der Waals surface area contributed by atoms with Gasteiger partial charge in [0, 0.05) is 13.7 Å². The monoisotopic (exact) mass is 255 g/mol. The molecule has 0 aliphatic heterocycles. The molecule has 0 aliphatic carbocycles. The lowest BCUT2D eigenvalue weighted by Gasteiger charge is -2.31. The van der Waals surface area contributed by atoms with Crippen LogP contribution >= 0.6 is 0 Å². The molecule has 0 unspecified atom stereocenters. The molecule has 1 N–H and O–H groups in total. The van der Waals surface area contributed by atoms with Crippen molar-refractivity contribution in [3.05, 3.63) is 5.82 Å². The van der Waals surface area contributed by atoms with Gasteiger partial charge < -0.3 is 10.1 Å². The molecule has 0 saturated heterocycles. The van der Waals surface area contributed by atoms with E-state index >= 15 is 0 Å². The zero-order chi connectivity index (χ0) is 13.4. The second-order valence-electron chi connectivity index (χ2n) is 4.46. The zero-order valence-corrected chi connectivity index (χ0v) is 11.9. The second kappa shape index (κ2) is 7.43. The number of methoxy groups -OCH3 is 1. The molecular weight excluding hydrogens is 230 g/mol. The molecule has 0 aromatic carbocycles. The van der Waals surface area contributed by atoms with E-state index in [9.17, 15) is 0 Å². The lowest BCUT2D eigenvalue weighted by molar-refractivity contribution is 0.195. The van der Waals surface area contributed by atoms with Gasteiger partial charge in [-0.2, -0.15) is 0 Å². The summed E-state index contributed by atoms with van der Waals surface area (Å²) in [5, 5.41) is 15.4. The van der Waals surface area contributed by atoms with Gasteiger partial charge in [0.25, 0.3) is 0 Å². The van der Waals surface area contributed by atoms with Gasteiger partial charge in [-0.05, 0) is 29.7 Å². The maximum Gasteiger partial charge on any atom is 0.165 e. The Hall–Kier alpha value is -1.01. The topological polar surface area (TPSA) is 64.9 Å². The first-order chi connectivity index (χ1) is 8.74. The van der Waals surface area contributed by atoms with Crippen LogP contribution in [0.5, 0.6) is 0 Å². The van der Waals surface area contributed by atoms with Crippen molar-refractivity contribution in [1.82, 2.24) is 25.5 Å². The first-order valence-electron chi connectivity index (χ1n) is 6.71. The number of ether oxygens (including phenoxy) is 1. The summed E-state index contributed by atoms with van der Waals surface area (Å²) in [4.78, 5) is 0. The van der Waals surface area contributed by atoms with E-state index in [4.69, 9.17) is 4.74 Å². The molecule has 0 bridgehead atoms. The molecule has 1 rings (SSSR count). The Morgan fingerprint density at radius 1 is 1.22 bits per heavy atom. The van der Waals surface area contributed by atoms with Crippen LogP contribution in [-0.4, -0.2) is 40.5 Å². The summed E-state index contributed by atoms with van der Waals surface area (Å²) in [6.45, 7) is 8.76. The van der Waals surface area contributed by atoms with E-state index in [-0.39, 0.29) is 5.54 Å². The lowest BCUT2D eigenvalue weighted by Crippen LogP contribution is -2.35. The predicted octanol–water partition coefficient (Wildman–Crippen LogP) is 1.33. The second-order valence-corrected chi connectivity index (χ2v) is 4.46. The van der Waals surface area contributed by atoms with E-state index in [1.165, 1.54) is 0 Å². The molecule has 18 heavy (non-hydrogen) atoms. The molecule has 0 fully saturated rings. The highest BCUT2D eigenvalue weighted by molar-refractivity contribution is 4.91. The maximum atomic E-state index is 5.00. The fraction of sp³-hybridized carbons (Fsp3) is 0.917. The normalized spacial score (nSPS) is 12.0. The third kappa shape index (κ3) is 3.26. The van der Waals surface area contributed by atoms with Gasteiger partial charge in [0.05, 0.1) is 18.7 Å². The summed E-state index contributed by atoms with van der Waals surface area (Å²) in [7, 11) is 1.70. The Bertz CT molecular complexity index is 327. The first-order valence-corrected chi connectivity index (χ1v) is 6.71. The number of tetrazole rings is 1. The fourth-order valence-corrected chi connectivity index (χ4v) is 2.26. The summed E-state index contributed by atoms with van der Waals surface area (Å²) in [6.07, 6.45) is 3.11. The average molecular weight is 255 g/mol. The van der Waals surface area contributed by atoms with Gasteiger partial charge in [-0.25, -0.2) is 4.68 Å². The smallest absolute Gasteiger partial charge is 0.165 e. The summed E-state index contributed by atoms with van der Waals surface area (Å²) in [5.74, 6) is 0.900. The predicted molar refractivity (Wildman–Crippen MR) is 70.2 cm³/mol. The van der Waals surface area contributed by atoms with Gasteiger partial charge >= 0.3 is 0 Å². The van der Waals surface area contributed by atoms with Crippen molar-refractivity contribution >= 4 is 0 Å². The van der Waals surface area contributed by atoms with Crippen molar-refractivity contribution in [2.24, 2.45) is 0 Å². The van der Waals surface area contributed by atoms with Crippen LogP contribution in [-0.2, 0) is 16.8 Å². The van der Waals surface area contributed by atoms with Crippen molar-refractivity contribution in [1.29, 1.82) is 0 Å². The van der Waals surface area contributed by atoms with E-state index in [0.29, 0.717) is 13.2 Å². The van der Waals surface area contributed by atoms with E-state index in [0.717, 1.165) is 31.6 Å². The van der Waals surface area contributed by atoms with E-state index in [2.05, 4.69) is 41.6 Å². The molecule has 6 nitrogen and oxygen atoms in total. The molecule has 0 spiro atoms. The largest absolute Gasteiger partial charge is 0.383 e. The van der Waals surface area contributed by atoms with E-state index < -0.39 is 0 Å². The molecule has 1 aromatic heterocycles. The molecule has 0 radical (unpaired) electrons. The molecule has 1 aromatic rings. The number of hydrogen-bond acceptors (Lipinski definition) is 5. The van der Waals surface area contributed by atoms with E-state index in [1.54, 1.807) is 7.11 Å². The van der Waals surface area contributed by atoms with Gasteiger partial charge in [-0.1, -0.05) is 20.8 Å². The third-order valence-electron chi connectivity index (χ3n) is 3.72. The molecule has 1 heterocycles. The van der Waals surface area contributed by atoms with Crippen molar-refractivity contribution in [2.75, 3.05) is 20.3 Å². The van der Waals surface area contributed by atoms with Crippen LogP contribution in [0.4, 0.5) is 0 Å². The highest BCUT2D eigenvalue weighted by Crippen LogP contribution is 2.28. The molecule has 0 atom stereocenters. The third-order valence-corrected chi connectivity index (χ3v) is 3.72. The Balaban J connectivity index is 2.74. The highest BCUT2D eigenvalue weighted by atomic mass is 16.5. The molecule has 6 heteroatoms. The summed E-state index contributed by atoms with van der Waals surface area (Å²) >= 11 is 0. The van der Waals surface area contributed by atoms with Crippen LogP contribution in [0.3, 0.4) is 0 Å². The van der Waals surface area contributed by atoms with Crippen LogP contribution in [0.15, 0.2) is 0 Å². The minimum Gasteiger partial charge on any atom is -0.383 e. The van der Waals surface area contributed by atoms with Crippen LogP contribution in [0.25, 0.3) is 0 Å². The number of rotatable bonds is 9. The Morgan fingerprint density at radius 2 is 1.89 bits per heavy atom. The molecule has 104 valence electrons. The number of nitrogens with one attached hydrogen (secondary N) is 1. The van der Waals surface area contributed by atoms with Gasteiger partial charge in [-0.15, -0.1) is 5.10 Å². The molecular formula is C12H25N5O. The van der Waals surface area contributed by atoms with Gasteiger partial charge in [0.15, 0.2) is 5.82 Å². The Labute approximate surface area is 109 Å². The van der Waals surface area contributed by atoms with Crippen molar-refractivity contribution in [2.45, 2.75) is 52.1 Å². The van der Waals surface area contributed by atoms with Crippen molar-refractivity contribution in [3.63, 3.8) is 0 Å². The Kier molecular flexibility index (Phi) is 6.21. The maximum absolute atomic E-state index is 5.00.